The Morgan fingerprint density at radius 1 is 1.00 bits per heavy atom. The number of pyridine rings is 2. The molecular formula is C18H16N6O2. The van der Waals surface area contributed by atoms with Gasteiger partial charge in [-0.05, 0) is 24.3 Å². The van der Waals surface area contributed by atoms with Crippen LogP contribution in [0.15, 0.2) is 55.0 Å². The molecule has 4 rings (SSSR count). The minimum atomic E-state index is 0.434. The second kappa shape index (κ2) is 6.67. The van der Waals surface area contributed by atoms with Gasteiger partial charge in [-0.15, -0.1) is 5.10 Å². The van der Waals surface area contributed by atoms with Crippen molar-refractivity contribution < 1.29 is 9.47 Å². The first kappa shape index (κ1) is 15.8. The Morgan fingerprint density at radius 3 is 2.69 bits per heavy atom. The minimum absolute atomic E-state index is 0.434. The van der Waals surface area contributed by atoms with Crippen LogP contribution >= 0.6 is 0 Å². The predicted molar refractivity (Wildman–Crippen MR) is 96.8 cm³/mol. The average Bonchev–Trinajstić information content (AvgIpc) is 3.09. The maximum atomic E-state index is 5.31. The average molecular weight is 348 g/mol. The van der Waals surface area contributed by atoms with Gasteiger partial charge in [0, 0.05) is 30.2 Å². The molecule has 0 amide bonds. The van der Waals surface area contributed by atoms with Crippen LogP contribution in [0.25, 0.3) is 16.9 Å². The number of hydrogen-bond acceptors (Lipinski definition) is 7. The lowest BCUT2D eigenvalue weighted by molar-refractivity contribution is 0.343. The summed E-state index contributed by atoms with van der Waals surface area (Å²) < 4.78 is 12.2. The molecule has 4 heterocycles. The van der Waals surface area contributed by atoms with E-state index in [1.165, 1.54) is 0 Å². The van der Waals surface area contributed by atoms with E-state index in [4.69, 9.17) is 9.47 Å². The number of ether oxygens (including phenoxy) is 2. The number of aromatic nitrogens is 5. The number of anilines is 2. The van der Waals surface area contributed by atoms with Gasteiger partial charge in [-0.2, -0.15) is 0 Å². The van der Waals surface area contributed by atoms with E-state index in [1.807, 2.05) is 42.6 Å². The highest BCUT2D eigenvalue weighted by Gasteiger charge is 2.10. The summed E-state index contributed by atoms with van der Waals surface area (Å²) in [6.45, 7) is 0. The summed E-state index contributed by atoms with van der Waals surface area (Å²) >= 11 is 0. The molecule has 0 aromatic carbocycles. The van der Waals surface area contributed by atoms with Crippen molar-refractivity contribution in [3.63, 3.8) is 0 Å². The fraction of sp³-hybridized carbons (Fsp3) is 0.111. The van der Waals surface area contributed by atoms with E-state index in [0.717, 1.165) is 17.1 Å². The summed E-state index contributed by atoms with van der Waals surface area (Å²) in [5.74, 6) is 2.38. The molecule has 0 fully saturated rings. The number of methoxy groups -OCH3 is 2. The SMILES string of the molecule is COc1cc(-c2ccn3nc(Nc4ccccn4)cc3n2)cnc1OC. The maximum Gasteiger partial charge on any atom is 0.256 e. The van der Waals surface area contributed by atoms with Gasteiger partial charge in [0.1, 0.15) is 5.82 Å². The Labute approximate surface area is 149 Å². The van der Waals surface area contributed by atoms with E-state index in [-0.39, 0.29) is 0 Å². The molecule has 1 N–H and O–H groups in total. The summed E-state index contributed by atoms with van der Waals surface area (Å²) in [5, 5.41) is 7.60. The lowest BCUT2D eigenvalue weighted by Crippen LogP contribution is -1.96. The van der Waals surface area contributed by atoms with Crippen molar-refractivity contribution in [1.29, 1.82) is 0 Å². The Morgan fingerprint density at radius 2 is 1.92 bits per heavy atom. The standard InChI is InChI=1S/C18H16N6O2/c1-25-14-9-12(11-20-18(14)26-2)13-6-8-24-17(21-13)10-16(23-24)22-15-5-3-4-7-19-15/h3-11H,1-2H3,(H,19,22,23). The zero-order valence-corrected chi connectivity index (χ0v) is 14.2. The molecule has 26 heavy (non-hydrogen) atoms. The highest BCUT2D eigenvalue weighted by atomic mass is 16.5. The van der Waals surface area contributed by atoms with E-state index in [2.05, 4.69) is 25.4 Å². The first-order valence-corrected chi connectivity index (χ1v) is 7.90. The fourth-order valence-corrected chi connectivity index (χ4v) is 2.54. The Bertz CT molecular complexity index is 1050. The zero-order valence-electron chi connectivity index (χ0n) is 14.2. The molecule has 0 radical (unpaired) electrons. The lowest BCUT2D eigenvalue weighted by Gasteiger charge is -2.08. The van der Waals surface area contributed by atoms with Crippen LogP contribution in [0, 0.1) is 0 Å². The van der Waals surface area contributed by atoms with Crippen molar-refractivity contribution in [2.45, 2.75) is 0 Å². The van der Waals surface area contributed by atoms with Gasteiger partial charge in [-0.25, -0.2) is 19.5 Å². The quantitative estimate of drug-likeness (QED) is 0.593. The second-order valence-electron chi connectivity index (χ2n) is 5.42. The van der Waals surface area contributed by atoms with Gasteiger partial charge in [0.25, 0.3) is 5.88 Å². The van der Waals surface area contributed by atoms with Gasteiger partial charge in [0.2, 0.25) is 0 Å². The molecule has 0 aliphatic carbocycles. The van der Waals surface area contributed by atoms with Gasteiger partial charge >= 0.3 is 0 Å². The van der Waals surface area contributed by atoms with Crippen LogP contribution in [0.3, 0.4) is 0 Å². The molecule has 130 valence electrons. The largest absolute Gasteiger partial charge is 0.491 e. The van der Waals surface area contributed by atoms with E-state index < -0.39 is 0 Å². The molecule has 0 spiro atoms. The number of fused-ring (bicyclic) bond motifs is 1. The van der Waals surface area contributed by atoms with E-state index in [0.29, 0.717) is 23.1 Å². The molecule has 4 aromatic heterocycles. The number of nitrogens with one attached hydrogen (secondary N) is 1. The van der Waals surface area contributed by atoms with E-state index >= 15 is 0 Å². The molecular weight excluding hydrogens is 332 g/mol. The second-order valence-corrected chi connectivity index (χ2v) is 5.42. The van der Waals surface area contributed by atoms with Crippen LogP contribution < -0.4 is 14.8 Å². The van der Waals surface area contributed by atoms with Gasteiger partial charge in [-0.3, -0.25) is 0 Å². The van der Waals surface area contributed by atoms with Crippen molar-refractivity contribution in [2.24, 2.45) is 0 Å². The fourth-order valence-electron chi connectivity index (χ4n) is 2.54. The number of nitrogens with zero attached hydrogens (tertiary/aromatic N) is 5. The normalized spacial score (nSPS) is 10.7. The molecule has 0 saturated carbocycles. The van der Waals surface area contributed by atoms with Crippen molar-refractivity contribution in [2.75, 3.05) is 19.5 Å². The highest BCUT2D eigenvalue weighted by molar-refractivity contribution is 5.65. The third-order valence-corrected chi connectivity index (χ3v) is 3.77. The molecule has 8 heteroatoms. The number of hydrogen-bond donors (Lipinski definition) is 1. The van der Waals surface area contributed by atoms with Crippen LogP contribution in [0.5, 0.6) is 11.6 Å². The van der Waals surface area contributed by atoms with Crippen LogP contribution in [0.1, 0.15) is 0 Å². The lowest BCUT2D eigenvalue weighted by atomic mass is 10.2. The monoisotopic (exact) mass is 348 g/mol. The third kappa shape index (κ3) is 3.00. The van der Waals surface area contributed by atoms with E-state index in [9.17, 15) is 0 Å². The molecule has 8 nitrogen and oxygen atoms in total. The summed E-state index contributed by atoms with van der Waals surface area (Å²) in [6, 6.07) is 11.2. The van der Waals surface area contributed by atoms with Crippen molar-refractivity contribution in [3.8, 4) is 22.9 Å². The zero-order chi connectivity index (χ0) is 17.9. The Hall–Kier alpha value is -3.68. The Kier molecular flexibility index (Phi) is 4.06. The minimum Gasteiger partial charge on any atom is -0.491 e. The van der Waals surface area contributed by atoms with Crippen molar-refractivity contribution in [1.82, 2.24) is 24.6 Å². The molecule has 0 atom stereocenters. The van der Waals surface area contributed by atoms with Gasteiger partial charge in [0.05, 0.1) is 19.9 Å². The van der Waals surface area contributed by atoms with Crippen molar-refractivity contribution in [3.05, 3.63) is 55.0 Å². The molecule has 4 aromatic rings. The molecule has 0 aliphatic rings. The summed E-state index contributed by atoms with van der Waals surface area (Å²) in [5.41, 5.74) is 2.29. The van der Waals surface area contributed by atoms with Gasteiger partial charge < -0.3 is 14.8 Å². The topological polar surface area (TPSA) is 86.5 Å². The van der Waals surface area contributed by atoms with Gasteiger partial charge in [0.15, 0.2) is 17.2 Å². The van der Waals surface area contributed by atoms with Crippen LogP contribution in [0.2, 0.25) is 0 Å². The van der Waals surface area contributed by atoms with Gasteiger partial charge in [-0.1, -0.05) is 6.07 Å². The predicted octanol–water partition coefficient (Wildman–Crippen LogP) is 2.95. The third-order valence-electron chi connectivity index (χ3n) is 3.77. The first-order valence-electron chi connectivity index (χ1n) is 7.90. The molecule has 0 saturated heterocycles. The van der Waals surface area contributed by atoms with Crippen LogP contribution in [0.4, 0.5) is 11.6 Å². The smallest absolute Gasteiger partial charge is 0.256 e. The summed E-state index contributed by atoms with van der Waals surface area (Å²) in [6.07, 6.45) is 5.26. The van der Waals surface area contributed by atoms with Crippen LogP contribution in [-0.2, 0) is 0 Å². The van der Waals surface area contributed by atoms with E-state index in [1.54, 1.807) is 31.1 Å². The van der Waals surface area contributed by atoms with Crippen molar-refractivity contribution >= 4 is 17.3 Å². The number of rotatable bonds is 5. The summed E-state index contributed by atoms with van der Waals surface area (Å²) in [4.78, 5) is 13.1. The first-order chi connectivity index (χ1) is 12.8. The van der Waals surface area contributed by atoms with Crippen LogP contribution in [-0.4, -0.2) is 38.8 Å². The molecule has 0 aliphatic heterocycles. The molecule has 0 bridgehead atoms. The highest BCUT2D eigenvalue weighted by Crippen LogP contribution is 2.29. The maximum absolute atomic E-state index is 5.31. The summed E-state index contributed by atoms with van der Waals surface area (Å²) in [7, 11) is 3.13. The Balaban J connectivity index is 1.67. The molecule has 0 unspecified atom stereocenters.